The minimum atomic E-state index is 0.222. The quantitative estimate of drug-likeness (QED) is 0.862. The minimum absolute atomic E-state index is 0.222. The molecule has 1 unspecified atom stereocenters. The second-order valence-electron chi connectivity index (χ2n) is 5.59. The Balaban J connectivity index is 2.22. The van der Waals surface area contributed by atoms with Crippen LogP contribution in [0.2, 0.25) is 0 Å². The van der Waals surface area contributed by atoms with Crippen molar-refractivity contribution in [1.29, 1.82) is 0 Å². The Bertz CT molecular complexity index is 470. The van der Waals surface area contributed by atoms with Crippen LogP contribution >= 0.6 is 0 Å². The van der Waals surface area contributed by atoms with E-state index in [1.807, 2.05) is 7.05 Å². The van der Waals surface area contributed by atoms with Crippen LogP contribution in [-0.4, -0.2) is 19.5 Å². The van der Waals surface area contributed by atoms with E-state index in [0.29, 0.717) is 12.5 Å². The number of benzene rings is 1. The van der Waals surface area contributed by atoms with Crippen LogP contribution in [-0.2, 0) is 11.2 Å². The second kappa shape index (κ2) is 6.89. The topological polar surface area (TPSA) is 32.3 Å². The molecule has 0 saturated heterocycles. The zero-order valence-electron chi connectivity index (χ0n) is 12.9. The zero-order chi connectivity index (χ0) is 14.5. The molecule has 0 aromatic heterocycles. The fourth-order valence-corrected chi connectivity index (χ4v) is 2.93. The molecular weight excluding hydrogens is 248 g/mol. The highest BCUT2D eigenvalue weighted by molar-refractivity contribution is 5.95. The highest BCUT2D eigenvalue weighted by Gasteiger charge is 2.22. The SMILES string of the molecule is CCCCC(NCC)c1ccc2c(c1)CCC(=O)N2C. The molecular formula is C17H26N2O. The third-order valence-electron chi connectivity index (χ3n) is 4.15. The van der Waals surface area contributed by atoms with Crippen molar-refractivity contribution in [3.8, 4) is 0 Å². The highest BCUT2D eigenvalue weighted by Crippen LogP contribution is 2.30. The summed E-state index contributed by atoms with van der Waals surface area (Å²) in [6, 6.07) is 7.02. The molecule has 1 aromatic rings. The van der Waals surface area contributed by atoms with Gasteiger partial charge in [-0.05, 0) is 36.6 Å². The Morgan fingerprint density at radius 1 is 1.30 bits per heavy atom. The standard InChI is InChI=1S/C17H26N2O/c1-4-6-7-15(18-5-2)13-8-10-16-14(12-13)9-11-17(20)19(16)3/h8,10,12,15,18H,4-7,9,11H2,1-3H3. The fourth-order valence-electron chi connectivity index (χ4n) is 2.93. The van der Waals surface area contributed by atoms with Crippen molar-refractivity contribution in [3.63, 3.8) is 0 Å². The number of amides is 1. The van der Waals surface area contributed by atoms with Crippen LogP contribution in [0.25, 0.3) is 0 Å². The number of aryl methyl sites for hydroxylation is 1. The van der Waals surface area contributed by atoms with Gasteiger partial charge >= 0.3 is 0 Å². The van der Waals surface area contributed by atoms with Crippen molar-refractivity contribution in [3.05, 3.63) is 29.3 Å². The first-order chi connectivity index (χ1) is 9.67. The Kier molecular flexibility index (Phi) is 5.18. The molecule has 1 heterocycles. The molecule has 2 rings (SSSR count). The van der Waals surface area contributed by atoms with Gasteiger partial charge in [-0.2, -0.15) is 0 Å². The maximum Gasteiger partial charge on any atom is 0.227 e. The third-order valence-corrected chi connectivity index (χ3v) is 4.15. The van der Waals surface area contributed by atoms with E-state index in [-0.39, 0.29) is 5.91 Å². The normalized spacial score (nSPS) is 16.1. The average Bonchev–Trinajstić information content (AvgIpc) is 2.47. The molecule has 0 saturated carbocycles. The Morgan fingerprint density at radius 2 is 2.10 bits per heavy atom. The van der Waals surface area contributed by atoms with Crippen LogP contribution in [0.4, 0.5) is 5.69 Å². The van der Waals surface area contributed by atoms with Gasteiger partial charge in [-0.25, -0.2) is 0 Å². The Labute approximate surface area is 122 Å². The van der Waals surface area contributed by atoms with Gasteiger partial charge in [0.05, 0.1) is 0 Å². The Hall–Kier alpha value is -1.35. The molecule has 1 aliphatic rings. The molecule has 20 heavy (non-hydrogen) atoms. The summed E-state index contributed by atoms with van der Waals surface area (Å²) in [5.41, 5.74) is 3.75. The molecule has 0 fully saturated rings. The van der Waals surface area contributed by atoms with Crippen LogP contribution in [0.5, 0.6) is 0 Å². The number of carbonyl (C=O) groups is 1. The summed E-state index contributed by atoms with van der Waals surface area (Å²) in [5, 5.41) is 3.58. The lowest BCUT2D eigenvalue weighted by atomic mass is 9.94. The van der Waals surface area contributed by atoms with Gasteiger partial charge in [0.25, 0.3) is 0 Å². The largest absolute Gasteiger partial charge is 0.315 e. The number of fused-ring (bicyclic) bond motifs is 1. The molecule has 110 valence electrons. The summed E-state index contributed by atoms with van der Waals surface area (Å²) in [7, 11) is 1.87. The van der Waals surface area contributed by atoms with Gasteiger partial charge in [0.2, 0.25) is 5.91 Å². The van der Waals surface area contributed by atoms with Crippen LogP contribution in [0.15, 0.2) is 18.2 Å². The predicted molar refractivity (Wildman–Crippen MR) is 84.1 cm³/mol. The molecule has 0 bridgehead atoms. The molecule has 0 spiro atoms. The maximum atomic E-state index is 11.7. The fraction of sp³-hybridized carbons (Fsp3) is 0.588. The number of hydrogen-bond acceptors (Lipinski definition) is 2. The summed E-state index contributed by atoms with van der Waals surface area (Å²) < 4.78 is 0. The number of hydrogen-bond donors (Lipinski definition) is 1. The number of nitrogens with one attached hydrogen (secondary N) is 1. The van der Waals surface area contributed by atoms with Crippen LogP contribution in [0.1, 0.15) is 56.7 Å². The van der Waals surface area contributed by atoms with Gasteiger partial charge in [0.1, 0.15) is 0 Å². The van der Waals surface area contributed by atoms with Crippen molar-refractivity contribution in [2.75, 3.05) is 18.5 Å². The lowest BCUT2D eigenvalue weighted by molar-refractivity contribution is -0.118. The predicted octanol–water partition coefficient (Wildman–Crippen LogP) is 3.44. The molecule has 1 aliphatic heterocycles. The van der Waals surface area contributed by atoms with E-state index in [2.05, 4.69) is 37.4 Å². The summed E-state index contributed by atoms with van der Waals surface area (Å²) in [4.78, 5) is 13.5. The molecule has 3 nitrogen and oxygen atoms in total. The number of unbranched alkanes of at least 4 members (excludes halogenated alkanes) is 1. The van der Waals surface area contributed by atoms with E-state index in [1.165, 1.54) is 30.4 Å². The van der Waals surface area contributed by atoms with Gasteiger partial charge < -0.3 is 10.2 Å². The highest BCUT2D eigenvalue weighted by atomic mass is 16.2. The van der Waals surface area contributed by atoms with Gasteiger partial charge in [0.15, 0.2) is 0 Å². The summed E-state index contributed by atoms with van der Waals surface area (Å²) in [5.74, 6) is 0.222. The first-order valence-corrected chi connectivity index (χ1v) is 7.80. The summed E-state index contributed by atoms with van der Waals surface area (Å²) >= 11 is 0. The lowest BCUT2D eigenvalue weighted by Gasteiger charge is -2.27. The van der Waals surface area contributed by atoms with E-state index >= 15 is 0 Å². The maximum absolute atomic E-state index is 11.7. The first kappa shape index (κ1) is 15.0. The van der Waals surface area contributed by atoms with Gasteiger partial charge in [-0.15, -0.1) is 0 Å². The minimum Gasteiger partial charge on any atom is -0.315 e. The zero-order valence-corrected chi connectivity index (χ0v) is 12.9. The van der Waals surface area contributed by atoms with Crippen LogP contribution in [0.3, 0.4) is 0 Å². The molecule has 1 atom stereocenters. The smallest absolute Gasteiger partial charge is 0.227 e. The number of nitrogens with zero attached hydrogens (tertiary/aromatic N) is 1. The van der Waals surface area contributed by atoms with Crippen molar-refractivity contribution in [2.45, 2.75) is 52.0 Å². The molecule has 3 heteroatoms. The Morgan fingerprint density at radius 3 is 2.80 bits per heavy atom. The van der Waals surface area contributed by atoms with E-state index in [1.54, 1.807) is 4.90 Å². The van der Waals surface area contributed by atoms with E-state index in [4.69, 9.17) is 0 Å². The number of anilines is 1. The summed E-state index contributed by atoms with van der Waals surface area (Å²) in [6.07, 6.45) is 5.15. The number of rotatable bonds is 6. The van der Waals surface area contributed by atoms with E-state index < -0.39 is 0 Å². The monoisotopic (exact) mass is 274 g/mol. The van der Waals surface area contributed by atoms with Crippen LogP contribution in [0, 0.1) is 0 Å². The molecule has 1 amide bonds. The van der Waals surface area contributed by atoms with Crippen molar-refractivity contribution < 1.29 is 4.79 Å². The van der Waals surface area contributed by atoms with Crippen molar-refractivity contribution in [1.82, 2.24) is 5.32 Å². The third kappa shape index (κ3) is 3.21. The van der Waals surface area contributed by atoms with Crippen molar-refractivity contribution >= 4 is 11.6 Å². The second-order valence-corrected chi connectivity index (χ2v) is 5.59. The lowest BCUT2D eigenvalue weighted by Crippen LogP contribution is -2.31. The van der Waals surface area contributed by atoms with Crippen LogP contribution < -0.4 is 10.2 Å². The van der Waals surface area contributed by atoms with E-state index in [0.717, 1.165) is 18.7 Å². The summed E-state index contributed by atoms with van der Waals surface area (Å²) in [6.45, 7) is 5.38. The van der Waals surface area contributed by atoms with Gasteiger partial charge in [0, 0.05) is 25.2 Å². The molecule has 0 radical (unpaired) electrons. The first-order valence-electron chi connectivity index (χ1n) is 7.80. The van der Waals surface area contributed by atoms with Crippen molar-refractivity contribution in [2.24, 2.45) is 0 Å². The number of carbonyl (C=O) groups excluding carboxylic acids is 1. The van der Waals surface area contributed by atoms with Gasteiger partial charge in [-0.3, -0.25) is 4.79 Å². The molecule has 1 aromatic carbocycles. The molecule has 1 N–H and O–H groups in total. The van der Waals surface area contributed by atoms with Gasteiger partial charge in [-0.1, -0.05) is 38.8 Å². The van der Waals surface area contributed by atoms with E-state index in [9.17, 15) is 4.79 Å². The average molecular weight is 274 g/mol. The molecule has 0 aliphatic carbocycles.